The molecular weight excluding hydrogens is 360 g/mol. The Labute approximate surface area is 168 Å². The molecule has 1 aliphatic carbocycles. The van der Waals surface area contributed by atoms with Gasteiger partial charge in [-0.2, -0.15) is 0 Å². The van der Waals surface area contributed by atoms with Crippen molar-refractivity contribution < 1.29 is 29.0 Å². The Morgan fingerprint density at radius 3 is 2.71 bits per heavy atom. The molecule has 1 rings (SSSR count). The van der Waals surface area contributed by atoms with E-state index < -0.39 is 11.9 Å². The van der Waals surface area contributed by atoms with Gasteiger partial charge in [-0.25, -0.2) is 4.79 Å². The summed E-state index contributed by atoms with van der Waals surface area (Å²) in [4.78, 5) is 34.1. The molecule has 0 aliphatic heterocycles. The van der Waals surface area contributed by atoms with E-state index in [1.165, 1.54) is 6.92 Å². The van der Waals surface area contributed by atoms with Gasteiger partial charge in [-0.15, -0.1) is 0 Å². The van der Waals surface area contributed by atoms with Gasteiger partial charge in [0.15, 0.2) is 0 Å². The van der Waals surface area contributed by atoms with Crippen molar-refractivity contribution in [3.63, 3.8) is 0 Å². The minimum atomic E-state index is -1.13. The van der Waals surface area contributed by atoms with Gasteiger partial charge in [-0.05, 0) is 44.9 Å². The van der Waals surface area contributed by atoms with E-state index in [4.69, 9.17) is 14.6 Å². The lowest BCUT2D eigenvalue weighted by Crippen LogP contribution is -2.14. The summed E-state index contributed by atoms with van der Waals surface area (Å²) >= 11 is 0. The van der Waals surface area contributed by atoms with E-state index in [0.717, 1.165) is 44.8 Å². The van der Waals surface area contributed by atoms with Crippen molar-refractivity contribution in [2.75, 3.05) is 6.61 Å². The van der Waals surface area contributed by atoms with Crippen LogP contribution in [0.1, 0.15) is 72.1 Å². The second-order valence-electron chi connectivity index (χ2n) is 7.41. The van der Waals surface area contributed by atoms with Gasteiger partial charge in [0.1, 0.15) is 11.5 Å². The molecule has 0 aromatic rings. The molecule has 0 bridgehead atoms. The van der Waals surface area contributed by atoms with Crippen molar-refractivity contribution in [1.29, 1.82) is 0 Å². The van der Waals surface area contributed by atoms with Gasteiger partial charge < -0.3 is 14.6 Å². The van der Waals surface area contributed by atoms with E-state index in [9.17, 15) is 14.4 Å². The summed E-state index contributed by atoms with van der Waals surface area (Å²) in [5.74, 6) is -0.885. The number of carboxylic acid groups (broad SMARTS) is 1. The fourth-order valence-corrected chi connectivity index (χ4v) is 3.51. The molecule has 0 aromatic heterocycles. The quantitative estimate of drug-likeness (QED) is 0.163. The first-order valence-electron chi connectivity index (χ1n) is 10.3. The maximum atomic E-state index is 12.2. The molecule has 1 N–H and O–H groups in total. The predicted molar refractivity (Wildman–Crippen MR) is 107 cm³/mol. The smallest absolute Gasteiger partial charge is 0.331 e. The number of esters is 1. The summed E-state index contributed by atoms with van der Waals surface area (Å²) in [6.07, 6.45) is 11.4. The fourth-order valence-electron chi connectivity index (χ4n) is 3.51. The molecular formula is C22H34O6. The largest absolute Gasteiger partial charge is 0.478 e. The lowest BCUT2D eigenvalue weighted by atomic mass is 9.89. The van der Waals surface area contributed by atoms with Crippen LogP contribution in [0.3, 0.4) is 0 Å². The number of carbonyl (C=O) groups excluding carboxylic acids is 2. The standard InChI is InChI=1S/C22H34O6/c1-4-14-27-16(2)8-7-9-18-12-13-21(24)20(18)11-6-5-10-19(15-22(25)26)28-17(3)23/h7,9,15-16,18,20H,4-6,8,10-14H2,1-3H3,(H,25,26)/t16?,18-,20+/m0/s1. The maximum absolute atomic E-state index is 12.2. The van der Waals surface area contributed by atoms with Crippen LogP contribution < -0.4 is 0 Å². The van der Waals surface area contributed by atoms with Gasteiger partial charge in [0.25, 0.3) is 0 Å². The lowest BCUT2D eigenvalue weighted by Gasteiger charge is -2.16. The Morgan fingerprint density at radius 1 is 1.32 bits per heavy atom. The molecule has 0 spiro atoms. The Bertz CT molecular complexity index is 578. The zero-order chi connectivity index (χ0) is 20.9. The van der Waals surface area contributed by atoms with Crippen LogP contribution in [-0.4, -0.2) is 35.5 Å². The number of rotatable bonds is 13. The van der Waals surface area contributed by atoms with Crippen molar-refractivity contribution >= 4 is 17.7 Å². The molecule has 1 saturated carbocycles. The molecule has 6 nitrogen and oxygen atoms in total. The molecule has 0 heterocycles. The summed E-state index contributed by atoms with van der Waals surface area (Å²) in [5, 5.41) is 8.84. The monoisotopic (exact) mass is 394 g/mol. The molecule has 6 heteroatoms. The number of carboxylic acids is 1. The van der Waals surface area contributed by atoms with Gasteiger partial charge >= 0.3 is 11.9 Å². The van der Waals surface area contributed by atoms with Crippen LogP contribution in [0.5, 0.6) is 0 Å². The van der Waals surface area contributed by atoms with E-state index in [1.807, 2.05) is 0 Å². The third-order valence-electron chi connectivity index (χ3n) is 4.86. The maximum Gasteiger partial charge on any atom is 0.331 e. The fraction of sp³-hybridized carbons (Fsp3) is 0.682. The zero-order valence-corrected chi connectivity index (χ0v) is 17.3. The summed E-state index contributed by atoms with van der Waals surface area (Å²) in [5.41, 5.74) is 0. The van der Waals surface area contributed by atoms with Crippen molar-refractivity contribution in [3.05, 3.63) is 24.0 Å². The highest BCUT2D eigenvalue weighted by atomic mass is 16.5. The van der Waals surface area contributed by atoms with E-state index in [-0.39, 0.29) is 23.7 Å². The van der Waals surface area contributed by atoms with Gasteiger partial charge in [0.2, 0.25) is 0 Å². The number of hydrogen-bond acceptors (Lipinski definition) is 5. The third kappa shape index (κ3) is 9.83. The molecule has 0 saturated heterocycles. The van der Waals surface area contributed by atoms with Crippen LogP contribution in [0, 0.1) is 11.8 Å². The molecule has 0 aromatic carbocycles. The number of carbonyl (C=O) groups is 3. The predicted octanol–water partition coefficient (Wildman–Crippen LogP) is 4.44. The molecule has 1 aliphatic rings. The number of allylic oxidation sites excluding steroid dienone is 2. The average molecular weight is 395 g/mol. The van der Waals surface area contributed by atoms with Gasteiger partial charge in [-0.1, -0.05) is 25.5 Å². The second-order valence-corrected chi connectivity index (χ2v) is 7.41. The van der Waals surface area contributed by atoms with Crippen molar-refractivity contribution in [3.8, 4) is 0 Å². The number of aliphatic carboxylic acids is 1. The van der Waals surface area contributed by atoms with Gasteiger partial charge in [0, 0.05) is 32.3 Å². The first kappa shape index (κ1) is 24.1. The number of hydrogen-bond donors (Lipinski definition) is 1. The molecule has 0 amide bonds. The van der Waals surface area contributed by atoms with Crippen LogP contribution in [-0.2, 0) is 23.9 Å². The van der Waals surface area contributed by atoms with E-state index in [1.54, 1.807) is 0 Å². The van der Waals surface area contributed by atoms with E-state index in [2.05, 4.69) is 26.0 Å². The van der Waals surface area contributed by atoms with Crippen LogP contribution >= 0.6 is 0 Å². The van der Waals surface area contributed by atoms with Crippen LogP contribution in [0.25, 0.3) is 0 Å². The molecule has 28 heavy (non-hydrogen) atoms. The summed E-state index contributed by atoms with van der Waals surface area (Å²) in [7, 11) is 0. The Kier molecular flexibility index (Phi) is 11.4. The van der Waals surface area contributed by atoms with Crippen molar-refractivity contribution in [2.24, 2.45) is 11.8 Å². The highest BCUT2D eigenvalue weighted by molar-refractivity contribution is 5.83. The summed E-state index contributed by atoms with van der Waals surface area (Å²) in [6.45, 7) is 6.16. The minimum Gasteiger partial charge on any atom is -0.478 e. The van der Waals surface area contributed by atoms with Crippen LogP contribution in [0.4, 0.5) is 0 Å². The topological polar surface area (TPSA) is 89.9 Å². The van der Waals surface area contributed by atoms with E-state index >= 15 is 0 Å². The molecule has 158 valence electrons. The number of ketones is 1. The molecule has 0 radical (unpaired) electrons. The van der Waals surface area contributed by atoms with E-state index in [0.29, 0.717) is 25.0 Å². The Morgan fingerprint density at radius 2 is 2.07 bits per heavy atom. The molecule has 3 atom stereocenters. The highest BCUT2D eigenvalue weighted by Gasteiger charge is 2.32. The number of ether oxygens (including phenoxy) is 2. The molecule has 1 unspecified atom stereocenters. The third-order valence-corrected chi connectivity index (χ3v) is 4.86. The SMILES string of the molecule is CCCOC(C)CC=C[C@H]1CCC(=O)[C@@H]1CCCCC(=CC(=O)O)OC(C)=O. The molecule has 1 fully saturated rings. The first-order valence-corrected chi connectivity index (χ1v) is 10.3. The second kappa shape index (κ2) is 13.3. The zero-order valence-electron chi connectivity index (χ0n) is 17.3. The Hall–Kier alpha value is -1.95. The van der Waals surface area contributed by atoms with Crippen LogP contribution in [0.2, 0.25) is 0 Å². The normalized spacial score (nSPS) is 21.2. The van der Waals surface area contributed by atoms with Crippen LogP contribution in [0.15, 0.2) is 24.0 Å². The average Bonchev–Trinajstić information content (AvgIpc) is 2.95. The number of Topliss-reactive ketones (excluding diaryl/α,β-unsaturated/α-hetero) is 1. The highest BCUT2D eigenvalue weighted by Crippen LogP contribution is 2.34. The lowest BCUT2D eigenvalue weighted by molar-refractivity contribution is -0.137. The Balaban J connectivity index is 2.44. The minimum absolute atomic E-state index is 0.0312. The summed E-state index contributed by atoms with van der Waals surface area (Å²) in [6, 6.07) is 0. The number of unbranched alkanes of at least 4 members (excludes halogenated alkanes) is 1. The van der Waals surface area contributed by atoms with Crippen molar-refractivity contribution in [2.45, 2.75) is 78.2 Å². The van der Waals surface area contributed by atoms with Crippen molar-refractivity contribution in [1.82, 2.24) is 0 Å². The van der Waals surface area contributed by atoms with Gasteiger partial charge in [0.05, 0.1) is 12.2 Å². The van der Waals surface area contributed by atoms with Gasteiger partial charge in [-0.3, -0.25) is 9.59 Å². The first-order chi connectivity index (χ1) is 13.3. The summed E-state index contributed by atoms with van der Waals surface area (Å²) < 4.78 is 10.6.